The van der Waals surface area contributed by atoms with Gasteiger partial charge in [0.2, 0.25) is 0 Å². The molecule has 0 heteroatoms. The van der Waals surface area contributed by atoms with Gasteiger partial charge < -0.3 is 0 Å². The third kappa shape index (κ3) is 4.84. The van der Waals surface area contributed by atoms with Gasteiger partial charge in [-0.3, -0.25) is 0 Å². The maximum absolute atomic E-state index is 2.52. The van der Waals surface area contributed by atoms with E-state index in [1.54, 1.807) is 44.5 Å². The van der Waals surface area contributed by atoms with Gasteiger partial charge in [0.05, 0.1) is 0 Å². The standard InChI is InChI=1S/C27H40/c1-8-20-15-23(11-4)26(17-22(20)10-3)14-19(7)27-18-24(12-5)21(9-2)16-25(27)13-6/h15-19H,8-14H2,1-7H3. The Bertz CT molecular complexity index is 751. The summed E-state index contributed by atoms with van der Waals surface area (Å²) in [5, 5.41) is 0. The Morgan fingerprint density at radius 1 is 0.481 bits per heavy atom. The molecule has 148 valence electrons. The molecule has 0 N–H and O–H groups in total. The predicted molar refractivity (Wildman–Crippen MR) is 121 cm³/mol. The second kappa shape index (κ2) is 10.1. The van der Waals surface area contributed by atoms with Crippen molar-refractivity contribution in [3.05, 3.63) is 68.8 Å². The van der Waals surface area contributed by atoms with E-state index in [-0.39, 0.29) is 0 Å². The molecule has 1 unspecified atom stereocenters. The molecule has 0 fully saturated rings. The van der Waals surface area contributed by atoms with E-state index >= 15 is 0 Å². The summed E-state index contributed by atoms with van der Waals surface area (Å²) in [6.45, 7) is 16.2. The van der Waals surface area contributed by atoms with Crippen LogP contribution in [-0.2, 0) is 44.9 Å². The molecule has 2 aromatic carbocycles. The molecular formula is C27H40. The minimum absolute atomic E-state index is 0.568. The maximum atomic E-state index is 2.52. The van der Waals surface area contributed by atoms with E-state index < -0.39 is 0 Å². The smallest absolute Gasteiger partial charge is 0.0147 e. The summed E-state index contributed by atoms with van der Waals surface area (Å²) in [4.78, 5) is 0. The Morgan fingerprint density at radius 3 is 1.26 bits per heavy atom. The molecule has 0 saturated carbocycles. The highest BCUT2D eigenvalue weighted by atomic mass is 14.2. The first kappa shape index (κ1) is 21.7. The molecular weight excluding hydrogens is 324 g/mol. The van der Waals surface area contributed by atoms with Crippen molar-refractivity contribution in [2.45, 2.75) is 99.3 Å². The lowest BCUT2D eigenvalue weighted by molar-refractivity contribution is 0.735. The zero-order valence-corrected chi connectivity index (χ0v) is 18.8. The Balaban J connectivity index is 2.43. The predicted octanol–water partition coefficient (Wildman–Crippen LogP) is 7.41. The minimum atomic E-state index is 0.568. The number of aryl methyl sites for hydroxylation is 6. The third-order valence-corrected chi connectivity index (χ3v) is 6.33. The second-order valence-electron chi connectivity index (χ2n) is 7.94. The highest BCUT2D eigenvalue weighted by Crippen LogP contribution is 2.30. The SMILES string of the molecule is CCc1cc(CC)c(CC(C)c2cc(CC)c(CC)cc2CC)cc1CC. The Kier molecular flexibility index (Phi) is 8.14. The van der Waals surface area contributed by atoms with Crippen LogP contribution < -0.4 is 0 Å². The third-order valence-electron chi connectivity index (χ3n) is 6.33. The Hall–Kier alpha value is -1.56. The minimum Gasteiger partial charge on any atom is -0.0613 e. The normalized spacial score (nSPS) is 12.4. The lowest BCUT2D eigenvalue weighted by Crippen LogP contribution is -2.08. The summed E-state index contributed by atoms with van der Waals surface area (Å²) in [6, 6.07) is 10.0. The van der Waals surface area contributed by atoms with Crippen LogP contribution in [0.2, 0.25) is 0 Å². The van der Waals surface area contributed by atoms with E-state index in [2.05, 4.69) is 72.7 Å². The van der Waals surface area contributed by atoms with E-state index in [4.69, 9.17) is 0 Å². The lowest BCUT2D eigenvalue weighted by atomic mass is 9.83. The highest BCUT2D eigenvalue weighted by molar-refractivity contribution is 5.43. The van der Waals surface area contributed by atoms with Crippen LogP contribution in [0.4, 0.5) is 0 Å². The fourth-order valence-corrected chi connectivity index (χ4v) is 4.59. The summed E-state index contributed by atoms with van der Waals surface area (Å²) in [5.74, 6) is 0.568. The molecule has 0 spiro atoms. The molecule has 2 aromatic rings. The van der Waals surface area contributed by atoms with E-state index in [1.807, 2.05) is 0 Å². The topological polar surface area (TPSA) is 0 Å². The molecule has 27 heavy (non-hydrogen) atoms. The zero-order chi connectivity index (χ0) is 20.0. The van der Waals surface area contributed by atoms with Crippen molar-refractivity contribution in [2.75, 3.05) is 0 Å². The summed E-state index contributed by atoms with van der Waals surface area (Å²) in [6.07, 6.45) is 7.98. The monoisotopic (exact) mass is 364 g/mol. The first-order valence-corrected chi connectivity index (χ1v) is 11.3. The van der Waals surface area contributed by atoms with Crippen molar-refractivity contribution in [2.24, 2.45) is 0 Å². The van der Waals surface area contributed by atoms with Crippen molar-refractivity contribution < 1.29 is 0 Å². The maximum Gasteiger partial charge on any atom is -0.0147 e. The molecule has 0 aliphatic heterocycles. The van der Waals surface area contributed by atoms with Crippen molar-refractivity contribution >= 4 is 0 Å². The van der Waals surface area contributed by atoms with Crippen molar-refractivity contribution in [1.29, 1.82) is 0 Å². The van der Waals surface area contributed by atoms with Crippen molar-refractivity contribution in [1.82, 2.24) is 0 Å². The van der Waals surface area contributed by atoms with Gasteiger partial charge in [0.15, 0.2) is 0 Å². The molecule has 1 atom stereocenters. The molecule has 0 radical (unpaired) electrons. The largest absolute Gasteiger partial charge is 0.0613 e. The second-order valence-corrected chi connectivity index (χ2v) is 7.94. The van der Waals surface area contributed by atoms with Gasteiger partial charge in [0.25, 0.3) is 0 Å². The Labute approximate surface area is 168 Å². The van der Waals surface area contributed by atoms with Crippen LogP contribution in [0.1, 0.15) is 98.9 Å². The van der Waals surface area contributed by atoms with Crippen molar-refractivity contribution in [3.8, 4) is 0 Å². The molecule has 0 bridgehead atoms. The number of hydrogen-bond acceptors (Lipinski definition) is 0. The molecule has 0 saturated heterocycles. The van der Waals surface area contributed by atoms with Crippen LogP contribution in [0, 0.1) is 0 Å². The molecule has 0 heterocycles. The first-order valence-electron chi connectivity index (χ1n) is 11.3. The molecule has 0 nitrogen and oxygen atoms in total. The van der Waals surface area contributed by atoms with Crippen LogP contribution in [0.5, 0.6) is 0 Å². The van der Waals surface area contributed by atoms with Gasteiger partial charge in [0.1, 0.15) is 0 Å². The molecule has 0 aliphatic carbocycles. The average molecular weight is 365 g/mol. The van der Waals surface area contributed by atoms with E-state index in [0.29, 0.717) is 5.92 Å². The number of rotatable bonds is 9. The highest BCUT2D eigenvalue weighted by Gasteiger charge is 2.16. The van der Waals surface area contributed by atoms with E-state index in [0.717, 1.165) is 44.9 Å². The molecule has 0 aromatic heterocycles. The van der Waals surface area contributed by atoms with Crippen LogP contribution in [0.3, 0.4) is 0 Å². The number of hydrogen-bond donors (Lipinski definition) is 0. The molecule has 0 aliphatic rings. The average Bonchev–Trinajstić information content (AvgIpc) is 2.71. The summed E-state index contributed by atoms with van der Waals surface area (Å²) in [7, 11) is 0. The quantitative estimate of drug-likeness (QED) is 0.434. The van der Waals surface area contributed by atoms with E-state index in [1.165, 1.54) is 0 Å². The van der Waals surface area contributed by atoms with Crippen molar-refractivity contribution in [3.63, 3.8) is 0 Å². The van der Waals surface area contributed by atoms with Crippen LogP contribution in [-0.4, -0.2) is 0 Å². The molecule has 0 amide bonds. The van der Waals surface area contributed by atoms with Gasteiger partial charge in [-0.05, 0) is 95.4 Å². The zero-order valence-electron chi connectivity index (χ0n) is 18.8. The summed E-state index contributed by atoms with van der Waals surface area (Å²) in [5.41, 5.74) is 12.4. The Morgan fingerprint density at radius 2 is 0.815 bits per heavy atom. The van der Waals surface area contributed by atoms with Gasteiger partial charge in [-0.15, -0.1) is 0 Å². The van der Waals surface area contributed by atoms with Crippen LogP contribution in [0.25, 0.3) is 0 Å². The summed E-state index contributed by atoms with van der Waals surface area (Å²) >= 11 is 0. The van der Waals surface area contributed by atoms with E-state index in [9.17, 15) is 0 Å². The van der Waals surface area contributed by atoms with Gasteiger partial charge in [-0.2, -0.15) is 0 Å². The van der Waals surface area contributed by atoms with Gasteiger partial charge in [-0.25, -0.2) is 0 Å². The van der Waals surface area contributed by atoms with Gasteiger partial charge in [0, 0.05) is 0 Å². The first-order chi connectivity index (χ1) is 13.0. The van der Waals surface area contributed by atoms with Crippen LogP contribution >= 0.6 is 0 Å². The lowest BCUT2D eigenvalue weighted by Gasteiger charge is -2.22. The number of benzene rings is 2. The fraction of sp³-hybridized carbons (Fsp3) is 0.556. The van der Waals surface area contributed by atoms with Crippen LogP contribution in [0.15, 0.2) is 24.3 Å². The van der Waals surface area contributed by atoms with Gasteiger partial charge in [-0.1, -0.05) is 72.7 Å². The van der Waals surface area contributed by atoms with Gasteiger partial charge >= 0.3 is 0 Å². The molecule has 2 rings (SSSR count). The summed E-state index contributed by atoms with van der Waals surface area (Å²) < 4.78 is 0. The fourth-order valence-electron chi connectivity index (χ4n) is 4.59.